The molecule has 1 heterocycles. The van der Waals surface area contributed by atoms with Crippen molar-refractivity contribution in [1.29, 1.82) is 0 Å². The van der Waals surface area contributed by atoms with Gasteiger partial charge in [0.1, 0.15) is 5.54 Å². The van der Waals surface area contributed by atoms with Crippen LogP contribution in [-0.4, -0.2) is 34.1 Å². The van der Waals surface area contributed by atoms with Crippen LogP contribution in [0, 0.1) is 0 Å². The van der Waals surface area contributed by atoms with Crippen LogP contribution < -0.4 is 16.1 Å². The monoisotopic (exact) mass is 320 g/mol. The molecule has 0 saturated carbocycles. The smallest absolute Gasteiger partial charge is 0.344 e. The Kier molecular flexibility index (Phi) is 4.97. The van der Waals surface area contributed by atoms with Gasteiger partial charge in [0.15, 0.2) is 5.11 Å². The highest BCUT2D eigenvalue weighted by Gasteiger charge is 2.48. The molecule has 1 aliphatic rings. The molecule has 118 valence electrons. The number of nitrogens with one attached hydrogen (secondary N) is 3. The maximum atomic E-state index is 12.5. The minimum absolute atomic E-state index is 0.248. The lowest BCUT2D eigenvalue weighted by Crippen LogP contribution is -2.51. The number of benzene rings is 1. The molecule has 2 rings (SSSR count). The number of nitrogens with zero attached hydrogens (tertiary/aromatic N) is 1. The van der Waals surface area contributed by atoms with Gasteiger partial charge in [0, 0.05) is 6.54 Å². The van der Waals surface area contributed by atoms with Crippen molar-refractivity contribution in [3.05, 3.63) is 35.9 Å². The Bertz CT molecular complexity index is 578. The van der Waals surface area contributed by atoms with E-state index >= 15 is 0 Å². The first-order valence-corrected chi connectivity index (χ1v) is 7.62. The number of aryl methyl sites for hydroxylation is 1. The second-order valence-corrected chi connectivity index (χ2v) is 5.77. The van der Waals surface area contributed by atoms with Crippen molar-refractivity contribution in [2.45, 2.75) is 32.2 Å². The number of amides is 3. The normalized spacial score (nSPS) is 20.7. The quantitative estimate of drug-likeness (QED) is 0.564. The molecular formula is C15H20N4O2S. The standard InChI is InChI=1S/C15H20N4O2S/c1-3-16-13(22)18-19-12(20)15(2,17-14(19)21)10-9-11-7-5-4-6-8-11/h4-8H,3,9-10H2,1-2H3,(H,17,21)(H2,16,18,22)/t15-/m0/s1. The number of imide groups is 1. The van der Waals surface area contributed by atoms with E-state index in [9.17, 15) is 9.59 Å². The van der Waals surface area contributed by atoms with Gasteiger partial charge in [-0.3, -0.25) is 10.2 Å². The maximum absolute atomic E-state index is 12.5. The lowest BCUT2D eigenvalue weighted by molar-refractivity contribution is -0.132. The number of hydrogen-bond acceptors (Lipinski definition) is 3. The van der Waals surface area contributed by atoms with Gasteiger partial charge in [0.05, 0.1) is 0 Å². The van der Waals surface area contributed by atoms with E-state index in [4.69, 9.17) is 12.2 Å². The molecule has 1 atom stereocenters. The van der Waals surface area contributed by atoms with E-state index in [2.05, 4.69) is 16.1 Å². The van der Waals surface area contributed by atoms with Gasteiger partial charge in [-0.1, -0.05) is 30.3 Å². The summed E-state index contributed by atoms with van der Waals surface area (Å²) >= 11 is 5.02. The van der Waals surface area contributed by atoms with Gasteiger partial charge < -0.3 is 10.6 Å². The molecule has 3 amide bonds. The summed E-state index contributed by atoms with van der Waals surface area (Å²) < 4.78 is 0. The summed E-state index contributed by atoms with van der Waals surface area (Å²) in [4.78, 5) is 24.5. The lowest BCUT2D eigenvalue weighted by atomic mass is 9.93. The average molecular weight is 320 g/mol. The molecule has 1 aromatic rings. The summed E-state index contributed by atoms with van der Waals surface area (Å²) in [6, 6.07) is 9.37. The molecular weight excluding hydrogens is 300 g/mol. The Balaban J connectivity index is 2.01. The van der Waals surface area contributed by atoms with Gasteiger partial charge in [-0.15, -0.1) is 0 Å². The zero-order valence-electron chi connectivity index (χ0n) is 12.7. The second kappa shape index (κ2) is 6.74. The highest BCUT2D eigenvalue weighted by atomic mass is 32.1. The highest BCUT2D eigenvalue weighted by Crippen LogP contribution is 2.22. The Morgan fingerprint density at radius 3 is 2.64 bits per heavy atom. The summed E-state index contributed by atoms with van der Waals surface area (Å²) in [5.74, 6) is -0.325. The van der Waals surface area contributed by atoms with E-state index in [1.165, 1.54) is 0 Å². The van der Waals surface area contributed by atoms with Crippen LogP contribution in [0.15, 0.2) is 30.3 Å². The van der Waals surface area contributed by atoms with Gasteiger partial charge in [0.25, 0.3) is 5.91 Å². The predicted molar refractivity (Wildman–Crippen MR) is 88.0 cm³/mol. The maximum Gasteiger partial charge on any atom is 0.344 e. The van der Waals surface area contributed by atoms with Crippen molar-refractivity contribution in [2.24, 2.45) is 0 Å². The van der Waals surface area contributed by atoms with Gasteiger partial charge in [-0.25, -0.2) is 4.79 Å². The van der Waals surface area contributed by atoms with Crippen molar-refractivity contribution in [3.63, 3.8) is 0 Å². The van der Waals surface area contributed by atoms with E-state index in [-0.39, 0.29) is 11.0 Å². The summed E-state index contributed by atoms with van der Waals surface area (Å²) in [6.07, 6.45) is 1.22. The van der Waals surface area contributed by atoms with E-state index < -0.39 is 11.6 Å². The molecule has 22 heavy (non-hydrogen) atoms. The Morgan fingerprint density at radius 1 is 1.32 bits per heavy atom. The van der Waals surface area contributed by atoms with E-state index in [1.807, 2.05) is 37.3 Å². The topological polar surface area (TPSA) is 73.5 Å². The third-order valence-corrected chi connectivity index (χ3v) is 3.80. The van der Waals surface area contributed by atoms with Crippen LogP contribution >= 0.6 is 12.2 Å². The average Bonchev–Trinajstić information content (AvgIpc) is 2.71. The fourth-order valence-corrected chi connectivity index (χ4v) is 2.53. The Labute approximate surface area is 135 Å². The Morgan fingerprint density at radius 2 is 2.00 bits per heavy atom. The largest absolute Gasteiger partial charge is 0.362 e. The molecule has 6 nitrogen and oxygen atoms in total. The number of rotatable bonds is 5. The van der Waals surface area contributed by atoms with Crippen LogP contribution in [-0.2, 0) is 11.2 Å². The SMILES string of the molecule is CCNC(=S)NN1C(=O)N[C@@](C)(CCc2ccccc2)C1=O. The molecule has 0 aliphatic carbocycles. The first-order valence-electron chi connectivity index (χ1n) is 7.21. The number of hydrogen-bond donors (Lipinski definition) is 3. The van der Waals surface area contributed by atoms with Crippen LogP contribution in [0.1, 0.15) is 25.8 Å². The fourth-order valence-electron chi connectivity index (χ4n) is 2.30. The number of urea groups is 1. The minimum atomic E-state index is -0.929. The van der Waals surface area contributed by atoms with Crippen molar-refractivity contribution < 1.29 is 9.59 Å². The summed E-state index contributed by atoms with van der Waals surface area (Å²) in [5.41, 5.74) is 2.82. The molecule has 1 saturated heterocycles. The molecule has 3 N–H and O–H groups in total. The van der Waals surface area contributed by atoms with Gasteiger partial charge in [-0.2, -0.15) is 5.01 Å². The third kappa shape index (κ3) is 3.54. The predicted octanol–water partition coefficient (Wildman–Crippen LogP) is 1.33. The molecule has 0 aromatic heterocycles. The number of thiocarbonyl (C=S) groups is 1. The van der Waals surface area contributed by atoms with Crippen LogP contribution in [0.2, 0.25) is 0 Å². The Hall–Kier alpha value is -2.15. The number of carbonyl (C=O) groups is 2. The molecule has 1 aliphatic heterocycles. The third-order valence-electron chi connectivity index (χ3n) is 3.57. The summed E-state index contributed by atoms with van der Waals surface area (Å²) in [7, 11) is 0. The summed E-state index contributed by atoms with van der Waals surface area (Å²) in [5, 5.41) is 6.77. The highest BCUT2D eigenvalue weighted by molar-refractivity contribution is 7.80. The number of hydrazine groups is 1. The van der Waals surface area contributed by atoms with Crippen molar-refractivity contribution in [3.8, 4) is 0 Å². The van der Waals surface area contributed by atoms with E-state index in [0.717, 1.165) is 10.6 Å². The molecule has 0 spiro atoms. The van der Waals surface area contributed by atoms with Crippen LogP contribution in [0.25, 0.3) is 0 Å². The second-order valence-electron chi connectivity index (χ2n) is 5.36. The summed E-state index contributed by atoms with van der Waals surface area (Å²) in [6.45, 7) is 4.22. The van der Waals surface area contributed by atoms with Crippen LogP contribution in [0.3, 0.4) is 0 Å². The van der Waals surface area contributed by atoms with Crippen molar-refractivity contribution in [2.75, 3.05) is 6.54 Å². The van der Waals surface area contributed by atoms with Gasteiger partial charge in [-0.05, 0) is 44.5 Å². The molecule has 1 fully saturated rings. The molecule has 1 aromatic carbocycles. The van der Waals surface area contributed by atoms with Crippen molar-refractivity contribution in [1.82, 2.24) is 21.1 Å². The van der Waals surface area contributed by atoms with E-state index in [1.54, 1.807) is 6.92 Å². The lowest BCUT2D eigenvalue weighted by Gasteiger charge is -2.22. The van der Waals surface area contributed by atoms with Crippen LogP contribution in [0.5, 0.6) is 0 Å². The minimum Gasteiger partial charge on any atom is -0.362 e. The van der Waals surface area contributed by atoms with Crippen LogP contribution in [0.4, 0.5) is 4.79 Å². The van der Waals surface area contributed by atoms with Gasteiger partial charge in [0.2, 0.25) is 0 Å². The molecule has 0 unspecified atom stereocenters. The zero-order chi connectivity index (χ0) is 16.2. The zero-order valence-corrected chi connectivity index (χ0v) is 13.5. The number of carbonyl (C=O) groups excluding carboxylic acids is 2. The molecule has 0 radical (unpaired) electrons. The molecule has 7 heteroatoms. The van der Waals surface area contributed by atoms with Crippen molar-refractivity contribution >= 4 is 29.3 Å². The molecule has 0 bridgehead atoms. The first-order chi connectivity index (χ1) is 10.5. The fraction of sp³-hybridized carbons (Fsp3) is 0.400. The van der Waals surface area contributed by atoms with Gasteiger partial charge >= 0.3 is 6.03 Å². The van der Waals surface area contributed by atoms with E-state index in [0.29, 0.717) is 19.4 Å². The first kappa shape index (κ1) is 16.2.